The van der Waals surface area contributed by atoms with Gasteiger partial charge in [-0.1, -0.05) is 66.9 Å². The monoisotopic (exact) mass is 411 g/mol. The van der Waals surface area contributed by atoms with E-state index in [2.05, 4.69) is 29.2 Å². The van der Waals surface area contributed by atoms with Gasteiger partial charge in [0.05, 0.1) is 18.6 Å². The molecule has 1 aliphatic heterocycles. The lowest BCUT2D eigenvalue weighted by Crippen LogP contribution is -2.50. The van der Waals surface area contributed by atoms with Gasteiger partial charge in [-0.05, 0) is 54.9 Å². The zero-order valence-corrected chi connectivity index (χ0v) is 17.7. The normalized spacial score (nSPS) is 21.3. The maximum absolute atomic E-state index is 13.7. The molecule has 0 N–H and O–H groups in total. The van der Waals surface area contributed by atoms with Crippen molar-refractivity contribution in [2.45, 2.75) is 50.5 Å². The van der Waals surface area contributed by atoms with E-state index >= 15 is 0 Å². The first-order chi connectivity index (χ1) is 14.2. The van der Waals surface area contributed by atoms with Crippen molar-refractivity contribution in [3.8, 4) is 0 Å². The number of hydrogen-bond acceptors (Lipinski definition) is 2. The highest BCUT2D eigenvalue weighted by Crippen LogP contribution is 2.43. The van der Waals surface area contributed by atoms with Crippen LogP contribution in [-0.4, -0.2) is 30.5 Å². The van der Waals surface area contributed by atoms with Crippen molar-refractivity contribution in [3.05, 3.63) is 70.7 Å². The maximum atomic E-state index is 13.7. The number of likely N-dealkylation sites (tertiary alicyclic amines) is 1. The van der Waals surface area contributed by atoms with Crippen LogP contribution in [0.25, 0.3) is 0 Å². The Balaban J connectivity index is 1.40. The third-order valence-corrected chi connectivity index (χ3v) is 6.79. The number of nitrogens with zero attached hydrogens (tertiary/aromatic N) is 1. The highest BCUT2D eigenvalue weighted by atomic mass is 35.5. The predicted octanol–water partition coefficient (Wildman–Crippen LogP) is 5.61. The summed E-state index contributed by atoms with van der Waals surface area (Å²) in [7, 11) is 0. The van der Waals surface area contributed by atoms with Crippen LogP contribution in [0.15, 0.2) is 54.6 Å². The molecular formula is C25H30ClNO2. The molecule has 1 aliphatic carbocycles. The molecule has 2 aromatic carbocycles. The average molecular weight is 412 g/mol. The summed E-state index contributed by atoms with van der Waals surface area (Å²) in [6.07, 6.45) is 6.31. The Kier molecular flexibility index (Phi) is 6.56. The molecule has 1 saturated heterocycles. The Hall–Kier alpha value is -1.84. The van der Waals surface area contributed by atoms with Gasteiger partial charge >= 0.3 is 0 Å². The lowest BCUT2D eigenvalue weighted by Gasteiger charge is -2.39. The first kappa shape index (κ1) is 20.4. The largest absolute Gasteiger partial charge is 0.376 e. The second kappa shape index (κ2) is 9.32. The summed E-state index contributed by atoms with van der Waals surface area (Å²) in [6, 6.07) is 18.2. The van der Waals surface area contributed by atoms with Gasteiger partial charge in [0.1, 0.15) is 0 Å². The molecule has 2 aromatic rings. The van der Waals surface area contributed by atoms with E-state index in [4.69, 9.17) is 16.3 Å². The van der Waals surface area contributed by atoms with Crippen molar-refractivity contribution >= 4 is 17.5 Å². The SMILES string of the molecule is O=C(N1CCCC(COCc2ccccc2)C1)C1(c2ccc(Cl)cc2)CCCC1. The van der Waals surface area contributed by atoms with Crippen LogP contribution >= 0.6 is 11.6 Å². The molecule has 4 rings (SSSR count). The van der Waals surface area contributed by atoms with Gasteiger partial charge in [-0.15, -0.1) is 0 Å². The molecule has 3 nitrogen and oxygen atoms in total. The lowest BCUT2D eigenvalue weighted by molar-refractivity contribution is -0.139. The van der Waals surface area contributed by atoms with E-state index in [1.54, 1.807) is 0 Å². The third-order valence-electron chi connectivity index (χ3n) is 6.53. The van der Waals surface area contributed by atoms with Crippen molar-refractivity contribution in [1.29, 1.82) is 0 Å². The maximum Gasteiger partial charge on any atom is 0.233 e. The molecule has 29 heavy (non-hydrogen) atoms. The highest BCUT2D eigenvalue weighted by molar-refractivity contribution is 6.30. The number of piperidine rings is 1. The molecule has 0 spiro atoms. The number of rotatable bonds is 6. The number of hydrogen-bond donors (Lipinski definition) is 0. The van der Waals surface area contributed by atoms with Crippen molar-refractivity contribution in [2.75, 3.05) is 19.7 Å². The molecule has 4 heteroatoms. The zero-order valence-electron chi connectivity index (χ0n) is 17.0. The number of carbonyl (C=O) groups excluding carboxylic acids is 1. The minimum Gasteiger partial charge on any atom is -0.376 e. The van der Waals surface area contributed by atoms with E-state index in [-0.39, 0.29) is 5.41 Å². The molecule has 154 valence electrons. The predicted molar refractivity (Wildman–Crippen MR) is 117 cm³/mol. The van der Waals surface area contributed by atoms with Crippen LogP contribution in [0, 0.1) is 5.92 Å². The first-order valence-electron chi connectivity index (χ1n) is 10.8. The van der Waals surface area contributed by atoms with E-state index in [1.807, 2.05) is 30.3 Å². The van der Waals surface area contributed by atoms with Crippen LogP contribution in [0.3, 0.4) is 0 Å². The van der Waals surface area contributed by atoms with E-state index in [1.165, 1.54) is 5.56 Å². The van der Waals surface area contributed by atoms with Gasteiger partial charge in [0.15, 0.2) is 0 Å². The Morgan fingerprint density at radius 2 is 1.76 bits per heavy atom. The number of benzene rings is 2. The zero-order chi connectivity index (χ0) is 20.1. The fourth-order valence-corrected chi connectivity index (χ4v) is 5.11. The number of carbonyl (C=O) groups is 1. The van der Waals surface area contributed by atoms with Crippen LogP contribution in [0.2, 0.25) is 5.02 Å². The molecule has 2 aliphatic rings. The summed E-state index contributed by atoms with van der Waals surface area (Å²) in [5.41, 5.74) is 1.97. The van der Waals surface area contributed by atoms with Gasteiger partial charge in [0, 0.05) is 18.1 Å². The number of halogens is 1. The van der Waals surface area contributed by atoms with Crippen molar-refractivity contribution < 1.29 is 9.53 Å². The topological polar surface area (TPSA) is 29.5 Å². The molecule has 1 heterocycles. The Morgan fingerprint density at radius 1 is 1.03 bits per heavy atom. The molecule has 0 radical (unpaired) electrons. The summed E-state index contributed by atoms with van der Waals surface area (Å²) < 4.78 is 5.98. The van der Waals surface area contributed by atoms with Crippen LogP contribution in [0.4, 0.5) is 0 Å². The summed E-state index contributed by atoms with van der Waals surface area (Å²) >= 11 is 6.09. The minimum atomic E-state index is -0.364. The second-order valence-electron chi connectivity index (χ2n) is 8.56. The minimum absolute atomic E-state index is 0.310. The van der Waals surface area contributed by atoms with Gasteiger partial charge in [-0.3, -0.25) is 4.79 Å². The highest BCUT2D eigenvalue weighted by Gasteiger charge is 2.45. The first-order valence-corrected chi connectivity index (χ1v) is 11.2. The smallest absolute Gasteiger partial charge is 0.233 e. The summed E-state index contributed by atoms with van der Waals surface area (Å²) in [5, 5.41) is 0.725. The standard InChI is InChI=1S/C25H30ClNO2/c26-23-12-10-22(11-13-23)25(14-4-5-15-25)24(28)27-16-6-9-21(17-27)19-29-18-20-7-2-1-3-8-20/h1-3,7-8,10-13,21H,4-6,9,14-19H2. The van der Waals surface area contributed by atoms with Crippen molar-refractivity contribution in [2.24, 2.45) is 5.92 Å². The van der Waals surface area contributed by atoms with Gasteiger partial charge in [-0.25, -0.2) is 0 Å². The lowest BCUT2D eigenvalue weighted by atomic mass is 9.77. The third kappa shape index (κ3) is 4.67. The molecule has 1 saturated carbocycles. The fraction of sp³-hybridized carbons (Fsp3) is 0.480. The number of ether oxygens (including phenoxy) is 1. The molecular weight excluding hydrogens is 382 g/mol. The molecule has 0 bridgehead atoms. The Labute approximate surface area is 179 Å². The quantitative estimate of drug-likeness (QED) is 0.618. The van der Waals surface area contributed by atoms with Gasteiger partial charge in [0.25, 0.3) is 0 Å². The van der Waals surface area contributed by atoms with Crippen molar-refractivity contribution in [3.63, 3.8) is 0 Å². The van der Waals surface area contributed by atoms with Crippen LogP contribution in [0.5, 0.6) is 0 Å². The Bertz CT molecular complexity index is 799. The molecule has 1 atom stereocenters. The van der Waals surface area contributed by atoms with Crippen molar-refractivity contribution in [1.82, 2.24) is 4.90 Å². The average Bonchev–Trinajstić information content (AvgIpc) is 3.26. The van der Waals surface area contributed by atoms with Crippen LogP contribution in [-0.2, 0) is 21.6 Å². The molecule has 1 unspecified atom stereocenters. The van der Waals surface area contributed by atoms with E-state index < -0.39 is 0 Å². The van der Waals surface area contributed by atoms with Gasteiger partial charge in [0.2, 0.25) is 5.91 Å². The van der Waals surface area contributed by atoms with E-state index in [0.29, 0.717) is 25.0 Å². The van der Waals surface area contributed by atoms with E-state index in [0.717, 1.165) is 62.2 Å². The molecule has 0 aromatic heterocycles. The summed E-state index contributed by atoms with van der Waals surface area (Å²) in [5.74, 6) is 0.727. The van der Waals surface area contributed by atoms with Gasteiger partial charge < -0.3 is 9.64 Å². The summed E-state index contributed by atoms with van der Waals surface area (Å²) in [6.45, 7) is 3.03. The Morgan fingerprint density at radius 3 is 2.48 bits per heavy atom. The van der Waals surface area contributed by atoms with Gasteiger partial charge in [-0.2, -0.15) is 0 Å². The summed E-state index contributed by atoms with van der Waals surface area (Å²) in [4.78, 5) is 15.8. The van der Waals surface area contributed by atoms with E-state index in [9.17, 15) is 4.79 Å². The van der Waals surface area contributed by atoms with Crippen LogP contribution in [0.1, 0.15) is 49.7 Å². The fourth-order valence-electron chi connectivity index (χ4n) is 4.98. The number of amides is 1. The second-order valence-corrected chi connectivity index (χ2v) is 8.99. The molecule has 1 amide bonds. The van der Waals surface area contributed by atoms with Crippen LogP contribution < -0.4 is 0 Å². The molecule has 2 fully saturated rings.